The third kappa shape index (κ3) is 6.29. The molecular weight excluding hydrogens is 537 g/mol. The normalized spacial score (nSPS) is 22.0. The van der Waals surface area contributed by atoms with Crippen molar-refractivity contribution in [2.45, 2.75) is 50.5 Å². The second-order valence-corrected chi connectivity index (χ2v) is 11.8. The number of nitrogens with one attached hydrogen (secondary N) is 2. The van der Waals surface area contributed by atoms with Gasteiger partial charge in [0.1, 0.15) is 17.7 Å². The molecule has 0 unspecified atom stereocenters. The lowest BCUT2D eigenvalue weighted by Crippen LogP contribution is -2.50. The van der Waals surface area contributed by atoms with Gasteiger partial charge >= 0.3 is 0 Å². The number of piperazine rings is 2. The Kier molecular flexibility index (Phi) is 8.71. The zero-order valence-corrected chi connectivity index (χ0v) is 24.1. The first kappa shape index (κ1) is 28.6. The summed E-state index contributed by atoms with van der Waals surface area (Å²) < 4.78 is 20.9. The molecule has 2 aromatic rings. The summed E-state index contributed by atoms with van der Waals surface area (Å²) >= 11 is 0. The lowest BCUT2D eigenvalue weighted by atomic mass is 9.83. The molecule has 1 atom stereocenters. The van der Waals surface area contributed by atoms with E-state index in [4.69, 9.17) is 4.74 Å². The standard InChI is InChI=1S/C32H40FN5O4/c33-25-16-24(17-26(19-25)38-11-10-35-21-30(38)39)32(41)37-14-12-36(13-15-37)31(40)23-6-7-29(42-27-8-9-34-20-27)28(18-23)22-4-2-1-3-5-22/h6-7,16-19,22,27,34-35H,1-5,8-15,20-21H2/t27-/m0/s1. The second kappa shape index (κ2) is 12.8. The van der Waals surface area contributed by atoms with E-state index in [0.717, 1.165) is 43.7 Å². The van der Waals surface area contributed by atoms with Gasteiger partial charge in [-0.3, -0.25) is 14.4 Å². The fourth-order valence-electron chi connectivity index (χ4n) is 6.64. The smallest absolute Gasteiger partial charge is 0.254 e. The number of anilines is 1. The Balaban J connectivity index is 1.12. The summed E-state index contributed by atoms with van der Waals surface area (Å²) in [6.45, 7) is 4.53. The fourth-order valence-corrected chi connectivity index (χ4v) is 6.64. The molecule has 1 aliphatic carbocycles. The molecule has 3 heterocycles. The molecule has 0 bridgehead atoms. The maximum Gasteiger partial charge on any atom is 0.254 e. The van der Waals surface area contributed by atoms with Crippen LogP contribution in [0.15, 0.2) is 36.4 Å². The summed E-state index contributed by atoms with van der Waals surface area (Å²) in [5, 5.41) is 6.36. The molecule has 10 heteroatoms. The molecule has 4 aliphatic rings. The van der Waals surface area contributed by atoms with E-state index in [-0.39, 0.29) is 35.9 Å². The van der Waals surface area contributed by atoms with Crippen LogP contribution in [0.2, 0.25) is 0 Å². The maximum atomic E-state index is 14.5. The topological polar surface area (TPSA) is 94.2 Å². The molecule has 2 aromatic carbocycles. The van der Waals surface area contributed by atoms with Gasteiger partial charge in [-0.2, -0.15) is 0 Å². The van der Waals surface area contributed by atoms with Crippen LogP contribution >= 0.6 is 0 Å². The van der Waals surface area contributed by atoms with Gasteiger partial charge in [0.2, 0.25) is 5.91 Å². The van der Waals surface area contributed by atoms with Crippen molar-refractivity contribution in [2.75, 3.05) is 63.8 Å². The highest BCUT2D eigenvalue weighted by Crippen LogP contribution is 2.39. The van der Waals surface area contributed by atoms with Crippen molar-refractivity contribution in [3.63, 3.8) is 0 Å². The molecule has 3 saturated heterocycles. The number of halogens is 1. The summed E-state index contributed by atoms with van der Waals surface area (Å²) in [5.41, 5.74) is 2.40. The Morgan fingerprint density at radius 2 is 1.55 bits per heavy atom. The Bertz CT molecular complexity index is 1320. The van der Waals surface area contributed by atoms with Gasteiger partial charge < -0.3 is 30.1 Å². The highest BCUT2D eigenvalue weighted by Gasteiger charge is 2.29. The summed E-state index contributed by atoms with van der Waals surface area (Å²) in [5.74, 6) is 0.254. The van der Waals surface area contributed by atoms with Gasteiger partial charge in [-0.15, -0.1) is 0 Å². The molecule has 3 aliphatic heterocycles. The third-order valence-corrected chi connectivity index (χ3v) is 9.00. The van der Waals surface area contributed by atoms with Crippen molar-refractivity contribution in [3.05, 3.63) is 58.9 Å². The van der Waals surface area contributed by atoms with Crippen LogP contribution in [-0.2, 0) is 4.79 Å². The molecule has 0 spiro atoms. The molecule has 3 amide bonds. The molecule has 6 rings (SSSR count). The van der Waals surface area contributed by atoms with Gasteiger partial charge in [0, 0.05) is 62.6 Å². The SMILES string of the molecule is O=C(c1cc(F)cc(N2CCNCC2=O)c1)N1CCN(C(=O)c2ccc(O[C@H]3CCNC3)c(C3CCCCC3)c2)CC1. The van der Waals surface area contributed by atoms with Crippen molar-refractivity contribution < 1.29 is 23.5 Å². The minimum absolute atomic E-state index is 0.0431. The number of carbonyl (C=O) groups excluding carboxylic acids is 3. The van der Waals surface area contributed by atoms with E-state index in [1.807, 2.05) is 18.2 Å². The third-order valence-electron chi connectivity index (χ3n) is 9.00. The number of benzene rings is 2. The van der Waals surface area contributed by atoms with Crippen LogP contribution in [0.1, 0.15) is 70.7 Å². The summed E-state index contributed by atoms with van der Waals surface area (Å²) in [4.78, 5) is 44.2. The fraction of sp³-hybridized carbons (Fsp3) is 0.531. The average molecular weight is 578 g/mol. The number of carbonyl (C=O) groups is 3. The Labute approximate surface area is 246 Å². The molecule has 0 aromatic heterocycles. The van der Waals surface area contributed by atoms with Crippen LogP contribution in [0.4, 0.5) is 10.1 Å². The molecule has 224 valence electrons. The van der Waals surface area contributed by atoms with Crippen LogP contribution in [0.25, 0.3) is 0 Å². The molecular formula is C32H40FN5O4. The van der Waals surface area contributed by atoms with Gasteiger partial charge in [-0.05, 0) is 73.7 Å². The minimum atomic E-state index is -0.554. The van der Waals surface area contributed by atoms with Crippen molar-refractivity contribution in [2.24, 2.45) is 0 Å². The highest BCUT2D eigenvalue weighted by atomic mass is 19.1. The number of hydrogen-bond acceptors (Lipinski definition) is 6. The molecule has 0 radical (unpaired) electrons. The zero-order chi connectivity index (χ0) is 29.1. The minimum Gasteiger partial charge on any atom is -0.489 e. The largest absolute Gasteiger partial charge is 0.489 e. The first-order valence-corrected chi connectivity index (χ1v) is 15.4. The summed E-state index contributed by atoms with van der Waals surface area (Å²) in [6, 6.07) is 9.98. The predicted molar refractivity (Wildman–Crippen MR) is 158 cm³/mol. The van der Waals surface area contributed by atoms with E-state index in [1.54, 1.807) is 15.9 Å². The van der Waals surface area contributed by atoms with Crippen LogP contribution in [-0.4, -0.2) is 92.5 Å². The van der Waals surface area contributed by atoms with E-state index in [1.165, 1.54) is 36.3 Å². The van der Waals surface area contributed by atoms with Crippen molar-refractivity contribution >= 4 is 23.4 Å². The molecule has 42 heavy (non-hydrogen) atoms. The van der Waals surface area contributed by atoms with Crippen molar-refractivity contribution in [1.29, 1.82) is 0 Å². The van der Waals surface area contributed by atoms with E-state index < -0.39 is 5.82 Å². The monoisotopic (exact) mass is 577 g/mol. The number of rotatable bonds is 6. The molecule has 9 nitrogen and oxygen atoms in total. The number of nitrogens with zero attached hydrogens (tertiary/aromatic N) is 3. The van der Waals surface area contributed by atoms with E-state index >= 15 is 0 Å². The van der Waals surface area contributed by atoms with Gasteiger partial charge in [0.05, 0.1) is 6.54 Å². The Morgan fingerprint density at radius 3 is 2.24 bits per heavy atom. The first-order valence-electron chi connectivity index (χ1n) is 15.4. The maximum absolute atomic E-state index is 14.5. The first-order chi connectivity index (χ1) is 20.5. The number of ether oxygens (including phenoxy) is 1. The van der Waals surface area contributed by atoms with Gasteiger partial charge in [-0.25, -0.2) is 4.39 Å². The lowest BCUT2D eigenvalue weighted by Gasteiger charge is -2.35. The van der Waals surface area contributed by atoms with E-state index in [0.29, 0.717) is 56.4 Å². The van der Waals surface area contributed by atoms with E-state index in [2.05, 4.69) is 10.6 Å². The highest BCUT2D eigenvalue weighted by molar-refractivity contribution is 5.99. The van der Waals surface area contributed by atoms with Crippen molar-refractivity contribution in [1.82, 2.24) is 20.4 Å². The summed E-state index contributed by atoms with van der Waals surface area (Å²) in [7, 11) is 0. The number of hydrogen-bond donors (Lipinski definition) is 2. The van der Waals surface area contributed by atoms with Gasteiger partial charge in [0.25, 0.3) is 11.8 Å². The van der Waals surface area contributed by atoms with Crippen LogP contribution < -0.4 is 20.3 Å². The summed E-state index contributed by atoms with van der Waals surface area (Å²) in [6.07, 6.45) is 7.02. The predicted octanol–water partition coefficient (Wildman–Crippen LogP) is 3.15. The Hall–Kier alpha value is -3.50. The average Bonchev–Trinajstić information content (AvgIpc) is 3.54. The number of amides is 3. The molecule has 2 N–H and O–H groups in total. The van der Waals surface area contributed by atoms with Gasteiger partial charge in [-0.1, -0.05) is 19.3 Å². The van der Waals surface area contributed by atoms with Crippen LogP contribution in [0, 0.1) is 5.82 Å². The van der Waals surface area contributed by atoms with E-state index in [9.17, 15) is 18.8 Å². The van der Waals surface area contributed by atoms with Crippen LogP contribution in [0.5, 0.6) is 5.75 Å². The second-order valence-electron chi connectivity index (χ2n) is 11.8. The van der Waals surface area contributed by atoms with Crippen molar-refractivity contribution in [3.8, 4) is 5.75 Å². The molecule has 4 fully saturated rings. The quantitative estimate of drug-likeness (QED) is 0.548. The van der Waals surface area contributed by atoms with Gasteiger partial charge in [0.15, 0.2) is 0 Å². The van der Waals surface area contributed by atoms with Crippen LogP contribution in [0.3, 0.4) is 0 Å². The Morgan fingerprint density at radius 1 is 0.810 bits per heavy atom. The molecule has 1 saturated carbocycles. The zero-order valence-electron chi connectivity index (χ0n) is 24.1. The lowest BCUT2D eigenvalue weighted by molar-refractivity contribution is -0.118.